The van der Waals surface area contributed by atoms with Crippen LogP contribution in [0.2, 0.25) is 0 Å². The molecule has 162 valence electrons. The molecule has 0 amide bonds. The fraction of sp³-hybridized carbons (Fsp3) is 0.545. The van der Waals surface area contributed by atoms with E-state index in [0.29, 0.717) is 13.2 Å². The average molecular weight is 415 g/mol. The van der Waals surface area contributed by atoms with Crippen molar-refractivity contribution in [1.82, 2.24) is 10.2 Å². The maximum atomic E-state index is 11.2. The van der Waals surface area contributed by atoms with Crippen LogP contribution in [0.3, 0.4) is 0 Å². The number of para-hydroxylation sites is 2. The fourth-order valence-electron chi connectivity index (χ4n) is 4.83. The number of nitrogens with one attached hydrogen (secondary N) is 1. The van der Waals surface area contributed by atoms with Crippen LogP contribution in [0.5, 0.6) is 5.75 Å². The molecule has 0 radical (unpaired) electrons. The highest BCUT2D eigenvalue weighted by Gasteiger charge is 2.52. The summed E-state index contributed by atoms with van der Waals surface area (Å²) in [4.78, 5) is 4.63. The Bertz CT molecular complexity index is 824. The van der Waals surface area contributed by atoms with Crippen LogP contribution < -0.4 is 15.0 Å². The van der Waals surface area contributed by atoms with Crippen LogP contribution >= 0.6 is 0 Å². The number of piperazine rings is 1. The van der Waals surface area contributed by atoms with E-state index in [1.807, 2.05) is 30.3 Å². The molecule has 5 atom stereocenters. The Morgan fingerprint density at radius 1 is 1.13 bits per heavy atom. The van der Waals surface area contributed by atoms with Gasteiger partial charge in [-0.1, -0.05) is 12.1 Å². The lowest BCUT2D eigenvalue weighted by atomic mass is 9.94. The fourth-order valence-corrected chi connectivity index (χ4v) is 4.83. The van der Waals surface area contributed by atoms with E-state index < -0.39 is 6.10 Å². The van der Waals surface area contributed by atoms with Gasteiger partial charge in [0.05, 0.1) is 50.4 Å². The van der Waals surface area contributed by atoms with Gasteiger partial charge >= 0.3 is 0 Å². The van der Waals surface area contributed by atoms with Gasteiger partial charge in [0.1, 0.15) is 17.6 Å². The lowest BCUT2D eigenvalue weighted by molar-refractivity contribution is -0.183. The zero-order chi connectivity index (χ0) is 20.5. The Hall–Kier alpha value is -2.10. The highest BCUT2D eigenvalue weighted by atomic mass is 16.7. The molecular weight excluding hydrogens is 386 g/mol. The summed E-state index contributed by atoms with van der Waals surface area (Å²) in [5, 5.41) is 14.6. The molecule has 8 nitrogen and oxygen atoms in total. The first-order valence-corrected chi connectivity index (χ1v) is 10.6. The SMILES string of the molecule is COc1ccccc1N1CCN([C@H]2[C@@H]3OC[C@@H](O3)[C@@H](NCc3ccco3)[C@@H]2O)CC1. The van der Waals surface area contributed by atoms with Crippen molar-refractivity contribution < 1.29 is 23.7 Å². The zero-order valence-electron chi connectivity index (χ0n) is 17.1. The Balaban J connectivity index is 1.25. The van der Waals surface area contributed by atoms with E-state index in [2.05, 4.69) is 21.2 Å². The van der Waals surface area contributed by atoms with Crippen molar-refractivity contribution in [2.45, 2.75) is 37.1 Å². The van der Waals surface area contributed by atoms with E-state index in [1.54, 1.807) is 13.4 Å². The van der Waals surface area contributed by atoms with Crippen LogP contribution in [0.1, 0.15) is 5.76 Å². The second-order valence-electron chi connectivity index (χ2n) is 8.04. The second-order valence-corrected chi connectivity index (χ2v) is 8.04. The van der Waals surface area contributed by atoms with Crippen molar-refractivity contribution in [3.63, 3.8) is 0 Å². The number of hydrogen-bond acceptors (Lipinski definition) is 8. The number of nitrogens with zero attached hydrogens (tertiary/aromatic N) is 2. The standard InChI is InChI=1S/C22H29N3O5/c1-27-17-7-3-2-6-16(17)24-8-10-25(11-9-24)20-21(26)19(18-14-29-22(20)30-18)23-13-15-5-4-12-28-15/h2-7,12,18-23,26H,8-11,13-14H2,1H3/t18-,19-,20-,21+,22-/m1/s1. The number of ether oxygens (including phenoxy) is 3. The third-order valence-electron chi connectivity index (χ3n) is 6.38. The second kappa shape index (κ2) is 8.56. The highest BCUT2D eigenvalue weighted by Crippen LogP contribution is 2.33. The maximum absolute atomic E-state index is 11.2. The minimum absolute atomic E-state index is 0.147. The van der Waals surface area contributed by atoms with Crippen molar-refractivity contribution in [3.8, 4) is 5.75 Å². The number of hydrogen-bond donors (Lipinski definition) is 2. The Morgan fingerprint density at radius 3 is 2.73 bits per heavy atom. The van der Waals surface area contributed by atoms with Gasteiger partial charge in [-0.25, -0.2) is 0 Å². The Morgan fingerprint density at radius 2 is 1.97 bits per heavy atom. The minimum atomic E-state index is -0.580. The molecule has 2 aromatic rings. The van der Waals surface area contributed by atoms with E-state index in [0.717, 1.165) is 43.4 Å². The van der Waals surface area contributed by atoms with Crippen molar-refractivity contribution >= 4 is 5.69 Å². The number of rotatable bonds is 6. The summed E-state index contributed by atoms with van der Waals surface area (Å²) in [5.74, 6) is 1.72. The van der Waals surface area contributed by atoms with Gasteiger partial charge < -0.3 is 34.0 Å². The van der Waals surface area contributed by atoms with Gasteiger partial charge in [-0.15, -0.1) is 0 Å². The molecule has 0 spiro atoms. The van der Waals surface area contributed by atoms with Gasteiger partial charge in [0.15, 0.2) is 6.29 Å². The third kappa shape index (κ3) is 3.70. The number of aliphatic hydroxyl groups excluding tert-OH is 1. The van der Waals surface area contributed by atoms with Gasteiger partial charge in [0, 0.05) is 26.2 Å². The predicted octanol–water partition coefficient (Wildman–Crippen LogP) is 1.05. The summed E-state index contributed by atoms with van der Waals surface area (Å²) in [6, 6.07) is 11.5. The van der Waals surface area contributed by atoms with Crippen LogP contribution in [0.25, 0.3) is 0 Å². The van der Waals surface area contributed by atoms with Gasteiger partial charge in [0.25, 0.3) is 0 Å². The molecule has 30 heavy (non-hydrogen) atoms. The molecule has 8 heteroatoms. The van der Waals surface area contributed by atoms with Crippen LogP contribution in [-0.2, 0) is 16.0 Å². The summed E-state index contributed by atoms with van der Waals surface area (Å²) in [7, 11) is 1.70. The molecule has 1 aromatic heterocycles. The maximum Gasteiger partial charge on any atom is 0.176 e. The van der Waals surface area contributed by atoms with Crippen LogP contribution in [0, 0.1) is 0 Å². The molecule has 3 aliphatic rings. The summed E-state index contributed by atoms with van der Waals surface area (Å²) in [5.41, 5.74) is 1.11. The number of furan rings is 1. The molecule has 3 fully saturated rings. The first kappa shape index (κ1) is 19.8. The quantitative estimate of drug-likeness (QED) is 0.725. The Labute approximate surface area is 176 Å². The third-order valence-corrected chi connectivity index (χ3v) is 6.38. The molecule has 1 aromatic carbocycles. The van der Waals surface area contributed by atoms with Gasteiger partial charge in [-0.3, -0.25) is 4.90 Å². The number of benzene rings is 1. The van der Waals surface area contributed by atoms with Gasteiger partial charge in [-0.05, 0) is 24.3 Å². The van der Waals surface area contributed by atoms with E-state index in [-0.39, 0.29) is 24.5 Å². The molecule has 2 bridgehead atoms. The van der Waals surface area contributed by atoms with E-state index in [1.165, 1.54) is 0 Å². The number of aliphatic hydroxyl groups is 1. The number of anilines is 1. The van der Waals surface area contributed by atoms with Gasteiger partial charge in [-0.2, -0.15) is 0 Å². The van der Waals surface area contributed by atoms with E-state index in [4.69, 9.17) is 18.6 Å². The summed E-state index contributed by atoms with van der Waals surface area (Å²) >= 11 is 0. The normalized spacial score (nSPS) is 31.8. The zero-order valence-corrected chi connectivity index (χ0v) is 17.1. The lowest BCUT2D eigenvalue weighted by Crippen LogP contribution is -2.66. The largest absolute Gasteiger partial charge is 0.495 e. The molecule has 3 aliphatic heterocycles. The minimum Gasteiger partial charge on any atom is -0.495 e. The smallest absolute Gasteiger partial charge is 0.176 e. The van der Waals surface area contributed by atoms with Crippen molar-refractivity contribution in [3.05, 3.63) is 48.4 Å². The summed E-state index contributed by atoms with van der Waals surface area (Å²) < 4.78 is 23.0. The highest BCUT2D eigenvalue weighted by molar-refractivity contribution is 5.58. The number of methoxy groups -OCH3 is 1. The van der Waals surface area contributed by atoms with Crippen molar-refractivity contribution in [2.75, 3.05) is 44.8 Å². The van der Waals surface area contributed by atoms with Gasteiger partial charge in [0.2, 0.25) is 0 Å². The van der Waals surface area contributed by atoms with Crippen LogP contribution in [0.15, 0.2) is 47.1 Å². The molecule has 5 rings (SSSR count). The topological polar surface area (TPSA) is 79.6 Å². The molecular formula is C22H29N3O5. The molecule has 0 unspecified atom stereocenters. The molecule has 2 N–H and O–H groups in total. The lowest BCUT2D eigenvalue weighted by Gasteiger charge is -2.47. The summed E-state index contributed by atoms with van der Waals surface area (Å²) in [6.45, 7) is 4.38. The van der Waals surface area contributed by atoms with E-state index >= 15 is 0 Å². The van der Waals surface area contributed by atoms with E-state index in [9.17, 15) is 5.11 Å². The monoisotopic (exact) mass is 415 g/mol. The summed E-state index contributed by atoms with van der Waals surface area (Å²) in [6.07, 6.45) is 0.545. The Kier molecular flexibility index (Phi) is 5.66. The predicted molar refractivity (Wildman–Crippen MR) is 111 cm³/mol. The van der Waals surface area contributed by atoms with Crippen LogP contribution in [-0.4, -0.2) is 80.5 Å². The molecule has 0 saturated carbocycles. The van der Waals surface area contributed by atoms with Crippen LogP contribution in [0.4, 0.5) is 5.69 Å². The first-order chi connectivity index (χ1) is 14.7. The molecule has 4 heterocycles. The average Bonchev–Trinajstić information content (AvgIpc) is 3.45. The molecule has 0 aliphatic carbocycles. The first-order valence-electron chi connectivity index (χ1n) is 10.6. The van der Waals surface area contributed by atoms with Crippen molar-refractivity contribution in [1.29, 1.82) is 0 Å². The molecule has 3 saturated heterocycles. The number of fused-ring (bicyclic) bond motifs is 2. The van der Waals surface area contributed by atoms with Crippen molar-refractivity contribution in [2.24, 2.45) is 0 Å².